The number of hydrogen-bond acceptors (Lipinski definition) is 2. The number of nitrogens with zero attached hydrogens (tertiary/aromatic N) is 1. The van der Waals surface area contributed by atoms with Crippen LogP contribution in [0.25, 0.3) is 11.1 Å². The van der Waals surface area contributed by atoms with Gasteiger partial charge in [-0.1, -0.05) is 97.1 Å². The second-order valence-electron chi connectivity index (χ2n) is 7.10. The lowest BCUT2D eigenvalue weighted by Gasteiger charge is -2.36. The van der Waals surface area contributed by atoms with Crippen molar-refractivity contribution >= 4 is 27.0 Å². The van der Waals surface area contributed by atoms with Crippen molar-refractivity contribution in [1.29, 1.82) is 0 Å². The predicted molar refractivity (Wildman–Crippen MR) is 123 cm³/mol. The first-order valence-electron chi connectivity index (χ1n) is 9.70. The van der Waals surface area contributed by atoms with Crippen molar-refractivity contribution in [3.8, 4) is 0 Å². The van der Waals surface area contributed by atoms with Crippen LogP contribution in [0.3, 0.4) is 0 Å². The van der Waals surface area contributed by atoms with E-state index in [0.717, 1.165) is 26.7 Å². The Hall–Kier alpha value is -3.37. The van der Waals surface area contributed by atoms with Crippen molar-refractivity contribution < 1.29 is 4.42 Å². The highest BCUT2D eigenvalue weighted by atomic mass is 79.9. The molecule has 30 heavy (non-hydrogen) atoms. The highest BCUT2D eigenvalue weighted by Gasteiger charge is 2.41. The molecule has 0 N–H and O–H groups in total. The molecule has 0 atom stereocenters. The molecule has 0 radical (unpaired) electrons. The summed E-state index contributed by atoms with van der Waals surface area (Å²) in [6, 6.07) is 36.0. The third-order valence-corrected chi connectivity index (χ3v) is 6.09. The molecule has 0 fully saturated rings. The van der Waals surface area contributed by atoms with Gasteiger partial charge < -0.3 is 4.42 Å². The number of benzene rings is 4. The highest BCUT2D eigenvalue weighted by Crippen LogP contribution is 2.42. The van der Waals surface area contributed by atoms with Gasteiger partial charge >= 0.3 is 5.76 Å². The average molecular weight is 456 g/mol. The van der Waals surface area contributed by atoms with Gasteiger partial charge in [0, 0.05) is 0 Å². The summed E-state index contributed by atoms with van der Waals surface area (Å²) in [7, 11) is 0. The zero-order chi connectivity index (χ0) is 20.6. The van der Waals surface area contributed by atoms with E-state index in [1.807, 2.05) is 72.8 Å². The summed E-state index contributed by atoms with van der Waals surface area (Å²) < 4.78 is 8.28. The van der Waals surface area contributed by atoms with Crippen molar-refractivity contribution in [2.45, 2.75) is 5.54 Å². The summed E-state index contributed by atoms with van der Waals surface area (Å²) in [6.07, 6.45) is 0. The maximum absolute atomic E-state index is 13.4. The van der Waals surface area contributed by atoms with Crippen molar-refractivity contribution in [1.82, 2.24) is 4.57 Å². The third kappa shape index (κ3) is 2.76. The van der Waals surface area contributed by atoms with E-state index in [0.29, 0.717) is 5.58 Å². The largest absolute Gasteiger partial charge is 0.421 e. The van der Waals surface area contributed by atoms with E-state index in [-0.39, 0.29) is 0 Å². The Morgan fingerprint density at radius 3 is 1.57 bits per heavy atom. The van der Waals surface area contributed by atoms with Gasteiger partial charge in [-0.15, -0.1) is 0 Å². The molecule has 0 saturated carbocycles. The number of rotatable bonds is 4. The molecule has 0 spiro atoms. The molecule has 146 valence electrons. The molecule has 0 aliphatic rings. The summed E-state index contributed by atoms with van der Waals surface area (Å²) in [5, 5.41) is 0. The van der Waals surface area contributed by atoms with Crippen LogP contribution >= 0.6 is 15.9 Å². The molecule has 0 saturated heterocycles. The molecule has 4 heteroatoms. The number of hydrogen-bond donors (Lipinski definition) is 0. The lowest BCUT2D eigenvalue weighted by molar-refractivity contribution is 0.440. The average Bonchev–Trinajstić information content (AvgIpc) is 3.15. The highest BCUT2D eigenvalue weighted by molar-refractivity contribution is 9.10. The summed E-state index contributed by atoms with van der Waals surface area (Å²) in [5.41, 5.74) is 3.31. The molecule has 3 nitrogen and oxygen atoms in total. The van der Waals surface area contributed by atoms with Crippen molar-refractivity contribution in [3.05, 3.63) is 141 Å². The Bertz CT molecular complexity index is 1260. The Morgan fingerprint density at radius 2 is 1.10 bits per heavy atom. The van der Waals surface area contributed by atoms with E-state index < -0.39 is 11.3 Å². The van der Waals surface area contributed by atoms with E-state index >= 15 is 0 Å². The maximum atomic E-state index is 13.4. The molecule has 0 bridgehead atoms. The first-order valence-corrected chi connectivity index (χ1v) is 10.5. The molecule has 5 rings (SSSR count). The van der Waals surface area contributed by atoms with Gasteiger partial charge in [-0.2, -0.15) is 0 Å². The van der Waals surface area contributed by atoms with Crippen LogP contribution in [-0.2, 0) is 5.54 Å². The van der Waals surface area contributed by atoms with Crippen molar-refractivity contribution in [2.75, 3.05) is 0 Å². The number of aromatic nitrogens is 1. The smallest absolute Gasteiger partial charge is 0.406 e. The molecule has 1 heterocycles. The lowest BCUT2D eigenvalue weighted by Crippen LogP contribution is -2.42. The minimum Gasteiger partial charge on any atom is -0.406 e. The van der Waals surface area contributed by atoms with Crippen LogP contribution in [0.15, 0.2) is 123 Å². The predicted octanol–water partition coefficient (Wildman–Crippen LogP) is 6.20. The lowest BCUT2D eigenvalue weighted by atomic mass is 9.76. The maximum Gasteiger partial charge on any atom is 0.421 e. The summed E-state index contributed by atoms with van der Waals surface area (Å²) in [4.78, 5) is 13.4. The van der Waals surface area contributed by atoms with Gasteiger partial charge in [0.2, 0.25) is 0 Å². The Morgan fingerprint density at radius 1 is 0.633 bits per heavy atom. The van der Waals surface area contributed by atoms with Crippen molar-refractivity contribution in [2.24, 2.45) is 0 Å². The van der Waals surface area contributed by atoms with Gasteiger partial charge in [0.1, 0.15) is 5.54 Å². The minimum atomic E-state index is -0.896. The van der Waals surface area contributed by atoms with Gasteiger partial charge in [-0.05, 0) is 44.8 Å². The van der Waals surface area contributed by atoms with Crippen LogP contribution in [0.2, 0.25) is 0 Å². The molecule has 4 aromatic carbocycles. The van der Waals surface area contributed by atoms with Gasteiger partial charge in [-0.25, -0.2) is 4.79 Å². The summed E-state index contributed by atoms with van der Waals surface area (Å²) >= 11 is 3.53. The van der Waals surface area contributed by atoms with Gasteiger partial charge in [-0.3, -0.25) is 4.57 Å². The Labute approximate surface area is 182 Å². The third-order valence-electron chi connectivity index (χ3n) is 5.47. The molecule has 0 aliphatic heterocycles. The summed E-state index contributed by atoms with van der Waals surface area (Å²) in [5.74, 6) is -0.409. The topological polar surface area (TPSA) is 35.1 Å². The first kappa shape index (κ1) is 18.6. The quantitative estimate of drug-likeness (QED) is 0.302. The standard InChI is InChI=1S/C26H18BrNO2/c27-22-17-10-18-23-24(22)30-25(29)28(23)26(19-11-4-1-5-12-19,20-13-6-2-7-14-20)21-15-8-3-9-16-21/h1-18H. The molecule has 0 aliphatic carbocycles. The summed E-state index contributed by atoms with van der Waals surface area (Å²) in [6.45, 7) is 0. The zero-order valence-corrected chi connectivity index (χ0v) is 17.6. The monoisotopic (exact) mass is 455 g/mol. The minimum absolute atomic E-state index is 0.409. The Kier molecular flexibility index (Phi) is 4.64. The fourth-order valence-electron chi connectivity index (χ4n) is 4.25. The Balaban J connectivity index is 2.03. The zero-order valence-electron chi connectivity index (χ0n) is 16.0. The number of halogens is 1. The first-order chi connectivity index (χ1) is 14.7. The van der Waals surface area contributed by atoms with Crippen LogP contribution in [0.4, 0.5) is 0 Å². The molecule has 0 amide bonds. The van der Waals surface area contributed by atoms with Crippen LogP contribution in [0.5, 0.6) is 0 Å². The van der Waals surface area contributed by atoms with Crippen LogP contribution in [0.1, 0.15) is 16.7 Å². The van der Waals surface area contributed by atoms with E-state index in [1.54, 1.807) is 4.57 Å². The number of fused-ring (bicyclic) bond motifs is 1. The van der Waals surface area contributed by atoms with E-state index in [9.17, 15) is 4.79 Å². The van der Waals surface area contributed by atoms with Crippen LogP contribution in [0, 0.1) is 0 Å². The van der Waals surface area contributed by atoms with Crippen LogP contribution < -0.4 is 5.76 Å². The SMILES string of the molecule is O=c1oc2c(Br)cccc2n1C(c1ccccc1)(c1ccccc1)c1ccccc1. The molecule has 1 aromatic heterocycles. The molecule has 0 unspecified atom stereocenters. The second kappa shape index (κ2) is 7.47. The fraction of sp³-hybridized carbons (Fsp3) is 0.0385. The number of para-hydroxylation sites is 1. The normalized spacial score (nSPS) is 11.6. The molecular formula is C26H18BrNO2. The van der Waals surface area contributed by atoms with Crippen LogP contribution in [-0.4, -0.2) is 4.57 Å². The van der Waals surface area contributed by atoms with Gasteiger partial charge in [0.25, 0.3) is 0 Å². The van der Waals surface area contributed by atoms with E-state index in [2.05, 4.69) is 52.3 Å². The van der Waals surface area contributed by atoms with Gasteiger partial charge in [0.05, 0.1) is 9.99 Å². The second-order valence-corrected chi connectivity index (χ2v) is 7.95. The van der Waals surface area contributed by atoms with E-state index in [4.69, 9.17) is 4.42 Å². The molecular weight excluding hydrogens is 438 g/mol. The van der Waals surface area contributed by atoms with E-state index in [1.165, 1.54) is 0 Å². The van der Waals surface area contributed by atoms with Crippen molar-refractivity contribution in [3.63, 3.8) is 0 Å². The molecule has 5 aromatic rings. The number of oxazole rings is 1. The fourth-order valence-corrected chi connectivity index (χ4v) is 4.69. The van der Waals surface area contributed by atoms with Gasteiger partial charge in [0.15, 0.2) is 5.58 Å².